The Balaban J connectivity index is 2.41. The van der Waals surface area contributed by atoms with E-state index in [9.17, 15) is 0 Å². The van der Waals surface area contributed by atoms with Gasteiger partial charge in [-0.1, -0.05) is 30.3 Å². The van der Waals surface area contributed by atoms with E-state index in [0.29, 0.717) is 6.54 Å². The van der Waals surface area contributed by atoms with Crippen molar-refractivity contribution in [2.75, 3.05) is 6.54 Å². The van der Waals surface area contributed by atoms with E-state index in [1.165, 1.54) is 0 Å². The third kappa shape index (κ3) is 2.44. The largest absolute Gasteiger partial charge is 0.330 e. The number of aromatic nitrogens is 2. The average molecular weight is 213 g/mol. The van der Waals surface area contributed by atoms with Gasteiger partial charge in [-0.3, -0.25) is 0 Å². The van der Waals surface area contributed by atoms with Crippen molar-refractivity contribution in [3.8, 4) is 11.3 Å². The van der Waals surface area contributed by atoms with E-state index in [-0.39, 0.29) is 0 Å². The molecule has 2 N–H and O–H groups in total. The molecule has 1 heterocycles. The van der Waals surface area contributed by atoms with Gasteiger partial charge in [-0.2, -0.15) is 0 Å². The van der Waals surface area contributed by atoms with Crippen LogP contribution in [0.5, 0.6) is 0 Å². The highest BCUT2D eigenvalue weighted by molar-refractivity contribution is 5.58. The average Bonchev–Trinajstić information content (AvgIpc) is 2.30. The molecule has 3 heteroatoms. The Kier molecular flexibility index (Phi) is 3.27. The van der Waals surface area contributed by atoms with Crippen molar-refractivity contribution in [1.29, 1.82) is 0 Å². The highest BCUT2D eigenvalue weighted by Crippen LogP contribution is 2.17. The smallest absolute Gasteiger partial charge is 0.130 e. The minimum atomic E-state index is 0.581. The van der Waals surface area contributed by atoms with Crippen molar-refractivity contribution in [3.63, 3.8) is 0 Å². The van der Waals surface area contributed by atoms with E-state index < -0.39 is 0 Å². The molecule has 1 aromatic carbocycles. The monoisotopic (exact) mass is 213 g/mol. The van der Waals surface area contributed by atoms with E-state index >= 15 is 0 Å². The molecule has 0 aliphatic carbocycles. The predicted molar refractivity (Wildman–Crippen MR) is 65.0 cm³/mol. The molecule has 0 atom stereocenters. The second-order valence-corrected chi connectivity index (χ2v) is 3.72. The van der Waals surface area contributed by atoms with Crippen molar-refractivity contribution in [3.05, 3.63) is 47.9 Å². The fourth-order valence-corrected chi connectivity index (χ4v) is 1.63. The van der Waals surface area contributed by atoms with Gasteiger partial charge < -0.3 is 5.73 Å². The number of aryl methyl sites for hydroxylation is 1. The Morgan fingerprint density at radius 2 is 1.88 bits per heavy atom. The quantitative estimate of drug-likeness (QED) is 0.847. The molecule has 0 saturated heterocycles. The van der Waals surface area contributed by atoms with Crippen LogP contribution in [0.1, 0.15) is 11.5 Å². The van der Waals surface area contributed by atoms with E-state index in [1.54, 1.807) is 0 Å². The molecule has 2 aromatic rings. The molecule has 0 amide bonds. The maximum atomic E-state index is 5.52. The molecule has 82 valence electrons. The zero-order valence-electron chi connectivity index (χ0n) is 9.35. The number of rotatable bonds is 3. The standard InChI is InChI=1S/C13H15N3/c1-10-9-12(11-5-3-2-4-6-11)16-13(15-10)7-8-14/h2-6,9H,7-8,14H2,1H3. The predicted octanol–water partition coefficient (Wildman–Crippen LogP) is 1.95. The van der Waals surface area contributed by atoms with Crippen LogP contribution in [-0.4, -0.2) is 16.5 Å². The Bertz CT molecular complexity index is 466. The lowest BCUT2D eigenvalue weighted by Crippen LogP contribution is -2.07. The normalized spacial score (nSPS) is 10.4. The number of hydrogen-bond acceptors (Lipinski definition) is 3. The third-order valence-electron chi connectivity index (χ3n) is 2.34. The van der Waals surface area contributed by atoms with Crippen molar-refractivity contribution in [2.24, 2.45) is 5.73 Å². The molecule has 16 heavy (non-hydrogen) atoms. The van der Waals surface area contributed by atoms with Gasteiger partial charge >= 0.3 is 0 Å². The van der Waals surface area contributed by atoms with Crippen LogP contribution in [0.2, 0.25) is 0 Å². The minimum Gasteiger partial charge on any atom is -0.330 e. The topological polar surface area (TPSA) is 51.8 Å². The molecule has 1 aromatic heterocycles. The lowest BCUT2D eigenvalue weighted by molar-refractivity contribution is 0.858. The van der Waals surface area contributed by atoms with Gasteiger partial charge in [0, 0.05) is 17.7 Å². The van der Waals surface area contributed by atoms with Crippen LogP contribution >= 0.6 is 0 Å². The van der Waals surface area contributed by atoms with E-state index in [2.05, 4.69) is 9.97 Å². The first-order chi connectivity index (χ1) is 7.79. The molecule has 3 nitrogen and oxygen atoms in total. The highest BCUT2D eigenvalue weighted by Gasteiger charge is 2.03. The fourth-order valence-electron chi connectivity index (χ4n) is 1.63. The Labute approximate surface area is 95.4 Å². The molecule has 0 fully saturated rings. The number of benzene rings is 1. The molecule has 0 unspecified atom stereocenters. The Morgan fingerprint density at radius 1 is 1.12 bits per heavy atom. The SMILES string of the molecule is Cc1cc(-c2ccccc2)nc(CCN)n1. The zero-order valence-corrected chi connectivity index (χ0v) is 9.35. The van der Waals surface area contributed by atoms with Crippen molar-refractivity contribution >= 4 is 0 Å². The van der Waals surface area contributed by atoms with Crippen molar-refractivity contribution in [2.45, 2.75) is 13.3 Å². The first-order valence-electron chi connectivity index (χ1n) is 5.39. The van der Waals surface area contributed by atoms with Crippen LogP contribution in [0, 0.1) is 6.92 Å². The molecule has 0 aliphatic rings. The summed E-state index contributed by atoms with van der Waals surface area (Å²) in [6.07, 6.45) is 0.724. The van der Waals surface area contributed by atoms with Crippen LogP contribution in [0.15, 0.2) is 36.4 Å². The maximum Gasteiger partial charge on any atom is 0.130 e. The van der Waals surface area contributed by atoms with Gasteiger partial charge in [-0.25, -0.2) is 9.97 Å². The van der Waals surface area contributed by atoms with Gasteiger partial charge in [-0.05, 0) is 19.5 Å². The van der Waals surface area contributed by atoms with Gasteiger partial charge in [0.2, 0.25) is 0 Å². The fraction of sp³-hybridized carbons (Fsp3) is 0.231. The van der Waals surface area contributed by atoms with Crippen LogP contribution in [-0.2, 0) is 6.42 Å². The van der Waals surface area contributed by atoms with Gasteiger partial charge in [0.1, 0.15) is 5.82 Å². The van der Waals surface area contributed by atoms with Crippen molar-refractivity contribution < 1.29 is 0 Å². The van der Waals surface area contributed by atoms with Gasteiger partial charge in [0.25, 0.3) is 0 Å². The highest BCUT2D eigenvalue weighted by atomic mass is 14.9. The summed E-state index contributed by atoms with van der Waals surface area (Å²) in [6.45, 7) is 2.56. The maximum absolute atomic E-state index is 5.52. The molecule has 0 spiro atoms. The minimum absolute atomic E-state index is 0.581. The molecule has 0 saturated carbocycles. The van der Waals surface area contributed by atoms with Gasteiger partial charge in [-0.15, -0.1) is 0 Å². The lowest BCUT2D eigenvalue weighted by Gasteiger charge is -2.05. The molecule has 0 aliphatic heterocycles. The first kappa shape index (κ1) is 10.8. The Hall–Kier alpha value is -1.74. The summed E-state index contributed by atoms with van der Waals surface area (Å²) in [4.78, 5) is 8.86. The summed E-state index contributed by atoms with van der Waals surface area (Å²) in [5.41, 5.74) is 8.59. The summed E-state index contributed by atoms with van der Waals surface area (Å²) < 4.78 is 0. The van der Waals surface area contributed by atoms with Crippen LogP contribution in [0.3, 0.4) is 0 Å². The van der Waals surface area contributed by atoms with Crippen LogP contribution < -0.4 is 5.73 Å². The van der Waals surface area contributed by atoms with Gasteiger partial charge in [0.15, 0.2) is 0 Å². The molecular weight excluding hydrogens is 198 g/mol. The summed E-state index contributed by atoms with van der Waals surface area (Å²) in [5.74, 6) is 0.821. The Morgan fingerprint density at radius 3 is 2.56 bits per heavy atom. The molecule has 0 bridgehead atoms. The zero-order chi connectivity index (χ0) is 11.4. The van der Waals surface area contributed by atoms with Gasteiger partial charge in [0.05, 0.1) is 5.69 Å². The molecular formula is C13H15N3. The summed E-state index contributed by atoms with van der Waals surface area (Å²) in [6, 6.07) is 12.1. The molecule has 0 radical (unpaired) electrons. The van der Waals surface area contributed by atoms with Crippen LogP contribution in [0.25, 0.3) is 11.3 Å². The van der Waals surface area contributed by atoms with Crippen molar-refractivity contribution in [1.82, 2.24) is 9.97 Å². The number of hydrogen-bond donors (Lipinski definition) is 1. The van der Waals surface area contributed by atoms with Crippen LogP contribution in [0.4, 0.5) is 0 Å². The van der Waals surface area contributed by atoms with E-state index in [0.717, 1.165) is 29.2 Å². The second-order valence-electron chi connectivity index (χ2n) is 3.72. The number of nitrogens with zero attached hydrogens (tertiary/aromatic N) is 2. The third-order valence-corrected chi connectivity index (χ3v) is 2.34. The van der Waals surface area contributed by atoms with E-state index in [1.807, 2.05) is 43.3 Å². The number of nitrogens with two attached hydrogens (primary N) is 1. The molecule has 2 rings (SSSR count). The summed E-state index contributed by atoms with van der Waals surface area (Å²) >= 11 is 0. The first-order valence-corrected chi connectivity index (χ1v) is 5.39. The summed E-state index contributed by atoms with van der Waals surface area (Å²) in [5, 5.41) is 0. The summed E-state index contributed by atoms with van der Waals surface area (Å²) in [7, 11) is 0. The second kappa shape index (κ2) is 4.86. The van der Waals surface area contributed by atoms with E-state index in [4.69, 9.17) is 5.73 Å². The lowest BCUT2D eigenvalue weighted by atomic mass is 10.1.